The molecule has 0 aromatic heterocycles. The Morgan fingerprint density at radius 2 is 1.83 bits per heavy atom. The van der Waals surface area contributed by atoms with Gasteiger partial charge in [-0.1, -0.05) is 13.0 Å². The minimum absolute atomic E-state index is 0.332. The van der Waals surface area contributed by atoms with Crippen LogP contribution in [0, 0.1) is 0 Å². The summed E-state index contributed by atoms with van der Waals surface area (Å²) in [5.74, 6) is 1.94. The number of rotatable bonds is 8. The first kappa shape index (κ1) is 20.8. The molecule has 0 spiro atoms. The lowest BCUT2D eigenvalue weighted by Gasteiger charge is -2.28. The van der Waals surface area contributed by atoms with E-state index in [1.165, 1.54) is 0 Å². The average molecular weight is 396 g/mol. The van der Waals surface area contributed by atoms with E-state index in [4.69, 9.17) is 18.9 Å². The van der Waals surface area contributed by atoms with Gasteiger partial charge in [-0.15, -0.1) is 0 Å². The van der Waals surface area contributed by atoms with Crippen molar-refractivity contribution in [1.82, 2.24) is 0 Å². The van der Waals surface area contributed by atoms with Crippen molar-refractivity contribution in [3.63, 3.8) is 0 Å². The quantitative estimate of drug-likeness (QED) is 0.558. The average Bonchev–Trinajstić information content (AvgIpc) is 2.70. The molecular weight excluding hydrogens is 368 g/mol. The molecule has 154 valence electrons. The lowest BCUT2D eigenvalue weighted by molar-refractivity contribution is 0.0526. The fourth-order valence-electron chi connectivity index (χ4n) is 2.97. The highest BCUT2D eigenvalue weighted by Crippen LogP contribution is 2.36. The SMILES string of the molecule is CCCOc1cc2c(cc1COc1ccc(C(=O)OCC)cc1)OC(C)(C)C=C2. The molecule has 2 aromatic rings. The van der Waals surface area contributed by atoms with E-state index in [9.17, 15) is 4.79 Å². The van der Waals surface area contributed by atoms with Crippen molar-refractivity contribution in [3.05, 3.63) is 59.2 Å². The van der Waals surface area contributed by atoms with Crippen LogP contribution in [0.4, 0.5) is 0 Å². The van der Waals surface area contributed by atoms with Crippen LogP contribution in [0.5, 0.6) is 17.2 Å². The molecule has 0 N–H and O–H groups in total. The van der Waals surface area contributed by atoms with Gasteiger partial charge in [0.25, 0.3) is 0 Å². The first-order valence-electron chi connectivity index (χ1n) is 10.00. The molecule has 3 rings (SSSR count). The molecule has 29 heavy (non-hydrogen) atoms. The number of hydrogen-bond donors (Lipinski definition) is 0. The topological polar surface area (TPSA) is 54.0 Å². The van der Waals surface area contributed by atoms with Gasteiger partial charge < -0.3 is 18.9 Å². The maximum absolute atomic E-state index is 11.8. The summed E-state index contributed by atoms with van der Waals surface area (Å²) in [6.45, 7) is 9.22. The van der Waals surface area contributed by atoms with Crippen molar-refractivity contribution >= 4 is 12.0 Å². The van der Waals surface area contributed by atoms with E-state index in [1.54, 1.807) is 31.2 Å². The fraction of sp³-hybridized carbons (Fsp3) is 0.375. The molecule has 0 fully saturated rings. The molecule has 5 nitrogen and oxygen atoms in total. The number of carbonyl (C=O) groups is 1. The molecule has 0 amide bonds. The third kappa shape index (κ3) is 5.31. The maximum atomic E-state index is 11.8. The number of ether oxygens (including phenoxy) is 4. The smallest absolute Gasteiger partial charge is 0.338 e. The van der Waals surface area contributed by atoms with Crippen molar-refractivity contribution in [3.8, 4) is 17.2 Å². The third-order valence-electron chi connectivity index (χ3n) is 4.45. The summed E-state index contributed by atoms with van der Waals surface area (Å²) in [5, 5.41) is 0. The van der Waals surface area contributed by atoms with Gasteiger partial charge in [-0.25, -0.2) is 4.79 Å². The molecule has 1 aliphatic heterocycles. The van der Waals surface area contributed by atoms with Crippen LogP contribution in [0.3, 0.4) is 0 Å². The Kier molecular flexibility index (Phi) is 6.47. The summed E-state index contributed by atoms with van der Waals surface area (Å²) < 4.78 is 23.0. The second kappa shape index (κ2) is 9.03. The molecule has 1 aliphatic rings. The number of carbonyl (C=O) groups excluding carboxylic acids is 1. The van der Waals surface area contributed by atoms with Crippen molar-refractivity contribution in [2.45, 2.75) is 46.3 Å². The summed E-state index contributed by atoms with van der Waals surface area (Å²) in [4.78, 5) is 11.8. The van der Waals surface area contributed by atoms with Gasteiger partial charge in [-0.2, -0.15) is 0 Å². The van der Waals surface area contributed by atoms with Gasteiger partial charge in [0, 0.05) is 11.1 Å². The molecular formula is C24H28O5. The van der Waals surface area contributed by atoms with Crippen LogP contribution in [0.2, 0.25) is 0 Å². The second-order valence-corrected chi connectivity index (χ2v) is 7.42. The highest BCUT2D eigenvalue weighted by molar-refractivity contribution is 5.89. The van der Waals surface area contributed by atoms with Crippen LogP contribution in [-0.4, -0.2) is 24.8 Å². The lowest BCUT2D eigenvalue weighted by atomic mass is 10.0. The molecule has 0 saturated carbocycles. The van der Waals surface area contributed by atoms with Crippen LogP contribution in [0.1, 0.15) is 55.6 Å². The van der Waals surface area contributed by atoms with E-state index >= 15 is 0 Å². The monoisotopic (exact) mass is 396 g/mol. The van der Waals surface area contributed by atoms with Gasteiger partial charge in [0.05, 0.1) is 18.8 Å². The number of esters is 1. The predicted octanol–water partition coefficient (Wildman–Crippen LogP) is 5.42. The predicted molar refractivity (Wildman–Crippen MR) is 113 cm³/mol. The number of fused-ring (bicyclic) bond motifs is 1. The molecule has 0 atom stereocenters. The maximum Gasteiger partial charge on any atom is 0.338 e. The Morgan fingerprint density at radius 1 is 1.07 bits per heavy atom. The minimum Gasteiger partial charge on any atom is -0.493 e. The summed E-state index contributed by atoms with van der Waals surface area (Å²) in [6, 6.07) is 10.9. The van der Waals surface area contributed by atoms with Crippen LogP contribution < -0.4 is 14.2 Å². The molecule has 2 aromatic carbocycles. The summed E-state index contributed by atoms with van der Waals surface area (Å²) in [7, 11) is 0. The normalized spacial score (nSPS) is 13.9. The number of hydrogen-bond acceptors (Lipinski definition) is 5. The molecule has 5 heteroatoms. The van der Waals surface area contributed by atoms with Gasteiger partial charge in [0.15, 0.2) is 0 Å². The van der Waals surface area contributed by atoms with E-state index in [-0.39, 0.29) is 11.6 Å². The second-order valence-electron chi connectivity index (χ2n) is 7.42. The Morgan fingerprint density at radius 3 is 2.52 bits per heavy atom. The van der Waals surface area contributed by atoms with Gasteiger partial charge in [-0.05, 0) is 69.7 Å². The van der Waals surface area contributed by atoms with Gasteiger partial charge in [0.2, 0.25) is 0 Å². The Balaban J connectivity index is 1.77. The molecule has 0 saturated heterocycles. The van der Waals surface area contributed by atoms with E-state index in [1.807, 2.05) is 32.1 Å². The van der Waals surface area contributed by atoms with E-state index in [0.717, 1.165) is 29.0 Å². The van der Waals surface area contributed by atoms with Crippen molar-refractivity contribution in [2.75, 3.05) is 13.2 Å². The molecule has 0 unspecified atom stereocenters. The Labute approximate surface area is 172 Å². The van der Waals surface area contributed by atoms with Crippen LogP contribution in [-0.2, 0) is 11.3 Å². The van der Waals surface area contributed by atoms with Crippen LogP contribution >= 0.6 is 0 Å². The lowest BCUT2D eigenvalue weighted by Crippen LogP contribution is -2.27. The molecule has 1 heterocycles. The number of benzene rings is 2. The highest BCUT2D eigenvalue weighted by Gasteiger charge is 2.23. The molecule has 0 aliphatic carbocycles. The third-order valence-corrected chi connectivity index (χ3v) is 4.45. The van der Waals surface area contributed by atoms with Gasteiger partial charge in [-0.3, -0.25) is 0 Å². The van der Waals surface area contributed by atoms with Crippen molar-refractivity contribution in [2.24, 2.45) is 0 Å². The standard InChI is InChI=1S/C24H28O5/c1-5-13-27-21-14-18-11-12-24(3,4)29-22(18)15-19(21)16-28-20-9-7-17(8-10-20)23(25)26-6-2/h7-12,14-15H,5-6,13,16H2,1-4H3. The van der Waals surface area contributed by atoms with E-state index in [2.05, 4.69) is 13.0 Å². The molecule has 0 bridgehead atoms. The molecule has 0 radical (unpaired) electrons. The highest BCUT2D eigenvalue weighted by atomic mass is 16.5. The Hall–Kier alpha value is -2.95. The zero-order chi connectivity index (χ0) is 20.9. The van der Waals surface area contributed by atoms with Gasteiger partial charge >= 0.3 is 5.97 Å². The van der Waals surface area contributed by atoms with Crippen molar-refractivity contribution < 1.29 is 23.7 Å². The fourth-order valence-corrected chi connectivity index (χ4v) is 2.97. The summed E-state index contributed by atoms with van der Waals surface area (Å²) in [6.07, 6.45) is 5.03. The first-order valence-corrected chi connectivity index (χ1v) is 10.00. The van der Waals surface area contributed by atoms with E-state index < -0.39 is 0 Å². The van der Waals surface area contributed by atoms with E-state index in [0.29, 0.717) is 31.1 Å². The van der Waals surface area contributed by atoms with Gasteiger partial charge in [0.1, 0.15) is 29.5 Å². The van der Waals surface area contributed by atoms with Crippen LogP contribution in [0.25, 0.3) is 6.08 Å². The largest absolute Gasteiger partial charge is 0.493 e. The zero-order valence-corrected chi connectivity index (χ0v) is 17.5. The summed E-state index contributed by atoms with van der Waals surface area (Å²) >= 11 is 0. The van der Waals surface area contributed by atoms with Crippen LogP contribution in [0.15, 0.2) is 42.5 Å². The summed E-state index contributed by atoms with van der Waals surface area (Å²) in [5.41, 5.74) is 2.07. The zero-order valence-electron chi connectivity index (χ0n) is 17.5. The minimum atomic E-state index is -0.347. The first-order chi connectivity index (χ1) is 13.9. The van der Waals surface area contributed by atoms with Crippen molar-refractivity contribution in [1.29, 1.82) is 0 Å². The Bertz CT molecular complexity index is 881.